The van der Waals surface area contributed by atoms with Gasteiger partial charge in [0.2, 0.25) is 0 Å². The third-order valence-electron chi connectivity index (χ3n) is 5.95. The molecule has 3 fully saturated rings. The Balaban J connectivity index is 1.51. The number of rotatable bonds is 4. The molecule has 0 radical (unpaired) electrons. The van der Waals surface area contributed by atoms with Crippen LogP contribution in [0.3, 0.4) is 0 Å². The SMILES string of the molecule is O=C(NC1CN2CCC1CC2)c1nn(CC(F)(F)F)c2ccc(-c3nccs3)cc12. The maximum atomic E-state index is 13.1. The number of carbonyl (C=O) groups is 1. The first-order chi connectivity index (χ1) is 14.4. The van der Waals surface area contributed by atoms with Gasteiger partial charge in [-0.25, -0.2) is 4.98 Å². The van der Waals surface area contributed by atoms with E-state index in [1.54, 1.807) is 24.4 Å². The van der Waals surface area contributed by atoms with Gasteiger partial charge in [0.15, 0.2) is 5.69 Å². The second-order valence-electron chi connectivity index (χ2n) is 7.91. The number of piperidine rings is 3. The molecule has 0 aliphatic carbocycles. The van der Waals surface area contributed by atoms with Crippen LogP contribution in [-0.4, -0.2) is 57.4 Å². The molecule has 3 aliphatic heterocycles. The van der Waals surface area contributed by atoms with Gasteiger partial charge in [-0.1, -0.05) is 0 Å². The predicted octanol–water partition coefficient (Wildman–Crippen LogP) is 3.55. The summed E-state index contributed by atoms with van der Waals surface area (Å²) in [5, 5.41) is 10.1. The van der Waals surface area contributed by atoms with Crippen molar-refractivity contribution in [2.45, 2.75) is 31.6 Å². The molecule has 30 heavy (non-hydrogen) atoms. The van der Waals surface area contributed by atoms with Gasteiger partial charge in [-0.3, -0.25) is 9.48 Å². The van der Waals surface area contributed by atoms with E-state index < -0.39 is 18.6 Å². The molecule has 1 atom stereocenters. The molecule has 1 N–H and O–H groups in total. The zero-order valence-electron chi connectivity index (χ0n) is 16.0. The Bertz CT molecular complexity index is 1070. The van der Waals surface area contributed by atoms with Gasteiger partial charge in [-0.2, -0.15) is 18.3 Å². The van der Waals surface area contributed by atoms with Gasteiger partial charge in [0.1, 0.15) is 11.6 Å². The molecule has 1 amide bonds. The molecule has 0 spiro atoms. The zero-order chi connectivity index (χ0) is 20.9. The van der Waals surface area contributed by atoms with Crippen LogP contribution in [-0.2, 0) is 6.54 Å². The quantitative estimate of drug-likeness (QED) is 0.681. The molecule has 3 aliphatic rings. The number of halogens is 3. The van der Waals surface area contributed by atoms with E-state index in [0.717, 1.165) is 47.7 Å². The Labute approximate surface area is 174 Å². The van der Waals surface area contributed by atoms with Crippen molar-refractivity contribution in [3.63, 3.8) is 0 Å². The number of alkyl halides is 3. The maximum absolute atomic E-state index is 13.1. The van der Waals surface area contributed by atoms with Crippen molar-refractivity contribution in [1.82, 2.24) is 25.0 Å². The van der Waals surface area contributed by atoms with Gasteiger partial charge >= 0.3 is 6.18 Å². The topological polar surface area (TPSA) is 63.1 Å². The normalized spacial score (nSPS) is 23.8. The lowest BCUT2D eigenvalue weighted by Crippen LogP contribution is -2.57. The molecule has 158 valence electrons. The Morgan fingerprint density at radius 2 is 2.07 bits per heavy atom. The fourth-order valence-corrected chi connectivity index (χ4v) is 5.14. The summed E-state index contributed by atoms with van der Waals surface area (Å²) in [5.74, 6) is -0.00989. The highest BCUT2D eigenvalue weighted by atomic mass is 32.1. The minimum atomic E-state index is -4.43. The average Bonchev–Trinajstić information content (AvgIpc) is 3.36. The third-order valence-corrected chi connectivity index (χ3v) is 6.77. The highest BCUT2D eigenvalue weighted by Gasteiger charge is 2.36. The first-order valence-corrected chi connectivity index (χ1v) is 10.8. The number of amides is 1. The van der Waals surface area contributed by atoms with Crippen LogP contribution in [0, 0.1) is 5.92 Å². The average molecular weight is 435 g/mol. The Kier molecular flexibility index (Phi) is 4.78. The molecular weight excluding hydrogens is 415 g/mol. The summed E-state index contributed by atoms with van der Waals surface area (Å²) >= 11 is 1.43. The van der Waals surface area contributed by atoms with E-state index >= 15 is 0 Å². The smallest absolute Gasteiger partial charge is 0.346 e. The number of nitrogens with zero attached hydrogens (tertiary/aromatic N) is 4. The molecule has 2 bridgehead atoms. The number of aromatic nitrogens is 3. The molecule has 0 saturated carbocycles. The molecule has 5 heterocycles. The number of benzene rings is 1. The van der Waals surface area contributed by atoms with E-state index in [2.05, 4.69) is 20.3 Å². The van der Waals surface area contributed by atoms with Gasteiger partial charge in [0, 0.05) is 35.1 Å². The summed E-state index contributed by atoms with van der Waals surface area (Å²) in [4.78, 5) is 19.7. The van der Waals surface area contributed by atoms with Gasteiger partial charge in [0.05, 0.1) is 5.52 Å². The number of fused-ring (bicyclic) bond motifs is 4. The Hall–Kier alpha value is -2.46. The van der Waals surface area contributed by atoms with Crippen LogP contribution in [0.25, 0.3) is 21.5 Å². The second-order valence-corrected chi connectivity index (χ2v) is 8.80. The summed E-state index contributed by atoms with van der Waals surface area (Å²) < 4.78 is 40.1. The summed E-state index contributed by atoms with van der Waals surface area (Å²) in [6.45, 7) is 1.61. The van der Waals surface area contributed by atoms with Crippen molar-refractivity contribution in [3.05, 3.63) is 35.5 Å². The molecule has 2 aromatic heterocycles. The molecule has 10 heteroatoms. The highest BCUT2D eigenvalue weighted by molar-refractivity contribution is 7.13. The van der Waals surface area contributed by atoms with Crippen LogP contribution in [0.15, 0.2) is 29.8 Å². The Morgan fingerprint density at radius 1 is 1.27 bits per heavy atom. The molecule has 6 rings (SSSR count). The largest absolute Gasteiger partial charge is 0.408 e. The van der Waals surface area contributed by atoms with Gasteiger partial charge in [-0.15, -0.1) is 11.3 Å². The predicted molar refractivity (Wildman–Crippen MR) is 107 cm³/mol. The summed E-state index contributed by atoms with van der Waals surface area (Å²) in [5.41, 5.74) is 1.07. The molecule has 1 aromatic carbocycles. The fraction of sp³-hybridized carbons (Fsp3) is 0.450. The number of nitrogens with one attached hydrogen (secondary N) is 1. The lowest BCUT2D eigenvalue weighted by atomic mass is 9.84. The van der Waals surface area contributed by atoms with E-state index in [-0.39, 0.29) is 17.3 Å². The highest BCUT2D eigenvalue weighted by Crippen LogP contribution is 2.31. The summed E-state index contributed by atoms with van der Waals surface area (Å²) in [6.07, 6.45) is -0.709. The van der Waals surface area contributed by atoms with Crippen molar-refractivity contribution in [2.75, 3.05) is 19.6 Å². The first-order valence-electron chi connectivity index (χ1n) is 9.88. The van der Waals surface area contributed by atoms with Gasteiger partial charge < -0.3 is 10.2 Å². The van der Waals surface area contributed by atoms with E-state index in [9.17, 15) is 18.0 Å². The number of hydrogen-bond donors (Lipinski definition) is 1. The minimum absolute atomic E-state index is 0.00459. The molecule has 3 aromatic rings. The second kappa shape index (κ2) is 7.35. The standard InChI is InChI=1S/C20H20F3N5OS/c21-20(22,23)11-28-16-2-1-13(19-24-5-8-30-19)9-14(16)17(26-28)18(29)25-15-10-27-6-3-12(15)4-7-27/h1-2,5,8-9,12,15H,3-4,6-7,10-11H2,(H,25,29). The van der Waals surface area contributed by atoms with Crippen LogP contribution in [0.4, 0.5) is 13.2 Å². The first kappa shape index (κ1) is 19.5. The lowest BCUT2D eigenvalue weighted by molar-refractivity contribution is -0.141. The van der Waals surface area contributed by atoms with Crippen molar-refractivity contribution >= 4 is 28.1 Å². The van der Waals surface area contributed by atoms with E-state index in [1.807, 2.05) is 5.38 Å². The van der Waals surface area contributed by atoms with Crippen LogP contribution < -0.4 is 5.32 Å². The van der Waals surface area contributed by atoms with Crippen molar-refractivity contribution in [2.24, 2.45) is 5.92 Å². The molecule has 3 saturated heterocycles. The summed E-state index contributed by atoms with van der Waals surface area (Å²) in [6, 6.07) is 5.00. The molecule has 1 unspecified atom stereocenters. The molecule has 6 nitrogen and oxygen atoms in total. The number of hydrogen-bond acceptors (Lipinski definition) is 5. The monoisotopic (exact) mass is 435 g/mol. The molecular formula is C20H20F3N5OS. The van der Waals surface area contributed by atoms with Crippen LogP contribution in [0.2, 0.25) is 0 Å². The van der Waals surface area contributed by atoms with Crippen molar-refractivity contribution in [1.29, 1.82) is 0 Å². The maximum Gasteiger partial charge on any atom is 0.408 e. The number of carbonyl (C=O) groups excluding carboxylic acids is 1. The minimum Gasteiger partial charge on any atom is -0.346 e. The lowest BCUT2D eigenvalue weighted by Gasteiger charge is -2.44. The Morgan fingerprint density at radius 3 is 2.70 bits per heavy atom. The zero-order valence-corrected chi connectivity index (χ0v) is 16.8. The number of thiazole rings is 1. The van der Waals surface area contributed by atoms with Crippen molar-refractivity contribution < 1.29 is 18.0 Å². The van der Waals surface area contributed by atoms with Crippen LogP contribution >= 0.6 is 11.3 Å². The van der Waals surface area contributed by atoms with E-state index in [1.165, 1.54) is 11.3 Å². The van der Waals surface area contributed by atoms with Crippen molar-refractivity contribution in [3.8, 4) is 10.6 Å². The van der Waals surface area contributed by atoms with E-state index in [0.29, 0.717) is 11.3 Å². The van der Waals surface area contributed by atoms with E-state index in [4.69, 9.17) is 0 Å². The summed E-state index contributed by atoms with van der Waals surface area (Å²) in [7, 11) is 0. The van der Waals surface area contributed by atoms with Crippen LogP contribution in [0.5, 0.6) is 0 Å². The van der Waals surface area contributed by atoms with Crippen LogP contribution in [0.1, 0.15) is 23.3 Å². The fourth-order valence-electron chi connectivity index (χ4n) is 4.50. The van der Waals surface area contributed by atoms with Gasteiger partial charge in [-0.05, 0) is 50.0 Å². The third kappa shape index (κ3) is 3.69. The van der Waals surface area contributed by atoms with Gasteiger partial charge in [0.25, 0.3) is 5.91 Å².